The minimum atomic E-state index is -1.64. The average Bonchev–Trinajstić information content (AvgIpc) is 3.05. The first-order chi connectivity index (χ1) is 19.5. The molecule has 1 saturated carbocycles. The van der Waals surface area contributed by atoms with Gasteiger partial charge < -0.3 is 29.5 Å². The highest BCUT2D eigenvalue weighted by atomic mass is 16.6. The Morgan fingerprint density at radius 3 is 2.38 bits per heavy atom. The predicted octanol–water partition coefficient (Wildman–Crippen LogP) is 4.40. The maximum Gasteiger partial charge on any atom is 0.330 e. The summed E-state index contributed by atoms with van der Waals surface area (Å²) < 4.78 is 20.0. The predicted molar refractivity (Wildman–Crippen MR) is 152 cm³/mol. The number of carbonyl (C=O) groups is 3. The summed E-state index contributed by atoms with van der Waals surface area (Å²) in [6, 6.07) is 0. The van der Waals surface area contributed by atoms with E-state index in [9.17, 15) is 29.7 Å². The lowest BCUT2D eigenvalue weighted by molar-refractivity contribution is -0.171. The highest BCUT2D eigenvalue weighted by molar-refractivity contribution is 6.18. The number of benzene rings is 1. The van der Waals surface area contributed by atoms with Gasteiger partial charge in [-0.2, -0.15) is 0 Å². The molecule has 1 aromatic carbocycles. The van der Waals surface area contributed by atoms with E-state index < -0.39 is 52.1 Å². The number of hydrogen-bond acceptors (Lipinski definition) is 8. The van der Waals surface area contributed by atoms with Gasteiger partial charge in [-0.05, 0) is 61.3 Å². The number of carbonyl (C=O) groups excluding carboxylic acids is 2. The molecular weight excluding hydrogens is 540 g/mol. The van der Waals surface area contributed by atoms with Gasteiger partial charge in [0.15, 0.2) is 22.8 Å². The Kier molecular flexibility index (Phi) is 6.01. The van der Waals surface area contributed by atoms with Crippen LogP contribution in [0.3, 0.4) is 0 Å². The number of rotatable bonds is 5. The van der Waals surface area contributed by atoms with Crippen molar-refractivity contribution in [2.24, 2.45) is 11.8 Å². The molecule has 9 nitrogen and oxygen atoms in total. The molecule has 0 amide bonds. The summed E-state index contributed by atoms with van der Waals surface area (Å²) in [7, 11) is 0. The molecule has 0 aromatic heterocycles. The molecule has 6 aliphatic rings. The van der Waals surface area contributed by atoms with Gasteiger partial charge in [-0.1, -0.05) is 23.8 Å². The summed E-state index contributed by atoms with van der Waals surface area (Å²) in [5.74, 6) is -2.64. The molecule has 5 atom stereocenters. The van der Waals surface area contributed by atoms with Crippen LogP contribution < -0.4 is 9.47 Å². The van der Waals surface area contributed by atoms with Crippen LogP contribution in [0.5, 0.6) is 17.2 Å². The zero-order chi connectivity index (χ0) is 30.7. The van der Waals surface area contributed by atoms with Gasteiger partial charge in [-0.15, -0.1) is 0 Å². The Hall–Kier alpha value is -3.43. The monoisotopic (exact) mass is 578 g/mol. The third kappa shape index (κ3) is 3.52. The maximum absolute atomic E-state index is 14.6. The average molecular weight is 579 g/mol. The first-order valence-electron chi connectivity index (χ1n) is 14.5. The second-order valence-corrected chi connectivity index (χ2v) is 13.7. The minimum Gasteiger partial charge on any atom is -0.507 e. The molecule has 3 aliphatic heterocycles. The van der Waals surface area contributed by atoms with Crippen LogP contribution >= 0.6 is 0 Å². The van der Waals surface area contributed by atoms with Crippen molar-refractivity contribution in [3.63, 3.8) is 0 Å². The minimum absolute atomic E-state index is 0.0112. The Labute approximate surface area is 244 Å². The first-order valence-corrected chi connectivity index (χ1v) is 14.5. The van der Waals surface area contributed by atoms with E-state index in [2.05, 4.69) is 0 Å². The van der Waals surface area contributed by atoms with Crippen molar-refractivity contribution in [1.29, 1.82) is 0 Å². The van der Waals surface area contributed by atoms with Crippen molar-refractivity contribution in [3.8, 4) is 17.2 Å². The van der Waals surface area contributed by atoms with Gasteiger partial charge >= 0.3 is 5.97 Å². The van der Waals surface area contributed by atoms with Crippen LogP contribution in [0.25, 0.3) is 0 Å². The van der Waals surface area contributed by atoms with Crippen LogP contribution in [0, 0.1) is 11.8 Å². The molecule has 1 aromatic rings. The van der Waals surface area contributed by atoms with E-state index in [4.69, 9.17) is 14.2 Å². The quantitative estimate of drug-likeness (QED) is 0.343. The lowest BCUT2D eigenvalue weighted by atomic mass is 9.51. The van der Waals surface area contributed by atoms with Crippen LogP contribution in [0.4, 0.5) is 0 Å². The molecule has 7 rings (SSSR count). The third-order valence-electron chi connectivity index (χ3n) is 9.98. The summed E-state index contributed by atoms with van der Waals surface area (Å²) in [5.41, 5.74) is -2.83. The molecule has 4 bridgehead atoms. The molecule has 1 unspecified atom stereocenters. The molecule has 224 valence electrons. The zero-order valence-electron chi connectivity index (χ0n) is 25.1. The van der Waals surface area contributed by atoms with E-state index in [1.54, 1.807) is 19.9 Å². The normalized spacial score (nSPS) is 33.1. The van der Waals surface area contributed by atoms with Gasteiger partial charge in [0.2, 0.25) is 0 Å². The third-order valence-corrected chi connectivity index (χ3v) is 9.98. The molecule has 3 N–H and O–H groups in total. The van der Waals surface area contributed by atoms with Gasteiger partial charge in [0, 0.05) is 47.0 Å². The number of aliphatic carboxylic acids is 1. The van der Waals surface area contributed by atoms with Crippen LogP contribution in [0.1, 0.15) is 82.8 Å². The van der Waals surface area contributed by atoms with Gasteiger partial charge in [0.05, 0.1) is 11.7 Å². The van der Waals surface area contributed by atoms with Crippen molar-refractivity contribution in [2.75, 3.05) is 0 Å². The number of aromatic hydroxyl groups is 1. The molecule has 1 spiro atoms. The van der Waals surface area contributed by atoms with Crippen LogP contribution in [0.2, 0.25) is 0 Å². The van der Waals surface area contributed by atoms with Crippen LogP contribution in [-0.2, 0) is 27.2 Å². The van der Waals surface area contributed by atoms with Crippen LogP contribution in [-0.4, -0.2) is 61.4 Å². The number of ether oxygens (including phenoxy) is 3. The topological polar surface area (TPSA) is 140 Å². The molecule has 1 saturated heterocycles. The lowest BCUT2D eigenvalue weighted by Gasteiger charge is -2.56. The molecule has 42 heavy (non-hydrogen) atoms. The lowest BCUT2D eigenvalue weighted by Crippen LogP contribution is -2.72. The number of phenolic OH excluding ortho intramolecular Hbond substituents is 1. The summed E-state index contributed by atoms with van der Waals surface area (Å²) in [5, 5.41) is 32.0. The summed E-state index contributed by atoms with van der Waals surface area (Å²) >= 11 is 0. The van der Waals surface area contributed by atoms with Gasteiger partial charge in [-0.25, -0.2) is 4.79 Å². The maximum atomic E-state index is 14.6. The number of fused-ring (bicyclic) bond motifs is 2. The molecule has 0 radical (unpaired) electrons. The fourth-order valence-electron chi connectivity index (χ4n) is 7.71. The van der Waals surface area contributed by atoms with Crippen molar-refractivity contribution < 1.29 is 43.9 Å². The summed E-state index contributed by atoms with van der Waals surface area (Å²) in [6.45, 7) is 12.6. The van der Waals surface area contributed by atoms with Gasteiger partial charge in [0.1, 0.15) is 28.4 Å². The van der Waals surface area contributed by atoms with E-state index >= 15 is 0 Å². The standard InChI is InChI=1S/C33H38O9/c1-15(2)8-9-18-26-19(14-22(34)31(6,7)40-26)24(35)23-25(36)20-12-17-13-21-30(4,5)42-32(28(17)37,11-10-16(3)29(38)39)33(20,21)41-27(18)23/h8,10,12,17,21-22,34-35H,9,11,13-14H2,1-7H3,(H,38,39)/b16-10-/t17-,21+,22?,32+,33-/m1/s1. The highest BCUT2D eigenvalue weighted by Gasteiger charge is 2.81. The van der Waals surface area contributed by atoms with Crippen molar-refractivity contribution in [2.45, 2.75) is 103 Å². The Morgan fingerprint density at radius 1 is 1.05 bits per heavy atom. The van der Waals surface area contributed by atoms with E-state index in [1.807, 2.05) is 33.8 Å². The van der Waals surface area contributed by atoms with Crippen molar-refractivity contribution in [3.05, 3.63) is 51.6 Å². The zero-order valence-corrected chi connectivity index (χ0v) is 25.1. The van der Waals surface area contributed by atoms with Crippen LogP contribution in [0.15, 0.2) is 34.9 Å². The second kappa shape index (κ2) is 8.80. The number of aliphatic hydroxyl groups is 1. The van der Waals surface area contributed by atoms with Gasteiger partial charge in [-0.3, -0.25) is 9.59 Å². The largest absolute Gasteiger partial charge is 0.507 e. The molecule has 3 aliphatic carbocycles. The molecular formula is C33H38O9. The smallest absolute Gasteiger partial charge is 0.330 e. The second-order valence-electron chi connectivity index (χ2n) is 13.7. The number of ketones is 2. The van der Waals surface area contributed by atoms with E-state index in [-0.39, 0.29) is 46.8 Å². The van der Waals surface area contributed by atoms with E-state index in [0.29, 0.717) is 29.7 Å². The van der Waals surface area contributed by atoms with Crippen molar-refractivity contribution in [1.82, 2.24) is 0 Å². The number of carboxylic acid groups (broad SMARTS) is 1. The molecule has 3 heterocycles. The van der Waals surface area contributed by atoms with E-state index in [0.717, 1.165) is 5.57 Å². The summed E-state index contributed by atoms with van der Waals surface area (Å²) in [6.07, 6.45) is 4.91. The molecule has 9 heteroatoms. The fourth-order valence-corrected chi connectivity index (χ4v) is 7.71. The fraction of sp³-hybridized carbons (Fsp3) is 0.545. The number of aliphatic hydroxyl groups excluding tert-OH is 1. The number of carboxylic acids is 1. The molecule has 2 fully saturated rings. The summed E-state index contributed by atoms with van der Waals surface area (Å²) in [4.78, 5) is 40.4. The van der Waals surface area contributed by atoms with Crippen molar-refractivity contribution >= 4 is 17.5 Å². The Balaban J connectivity index is 1.65. The number of hydrogen-bond donors (Lipinski definition) is 3. The first kappa shape index (κ1) is 28.7. The highest BCUT2D eigenvalue weighted by Crippen LogP contribution is 2.68. The van der Waals surface area contributed by atoms with E-state index in [1.165, 1.54) is 13.0 Å². The Bertz CT molecular complexity index is 1550. The number of Topliss-reactive ketones (excluding diaryl/α,β-unsaturated/α-hetero) is 2. The Morgan fingerprint density at radius 2 is 1.74 bits per heavy atom. The van der Waals surface area contributed by atoms with Gasteiger partial charge in [0.25, 0.3) is 0 Å². The number of allylic oxidation sites excluding steroid dienone is 3. The number of phenols is 1. The SMILES string of the molecule is CC(C)=CCc1c2c(c(O)c3c1O[C@]14C(=C[C@@H]5C[C@H]1C(C)(C)O[C@@]4(C/C=C(/C)C(=O)O)C5=O)C3=O)CC(O)C(C)(C)O2.